The van der Waals surface area contributed by atoms with Crippen molar-refractivity contribution in [1.82, 2.24) is 14.9 Å². The van der Waals surface area contributed by atoms with Crippen molar-refractivity contribution in [2.45, 2.75) is 45.8 Å². The lowest BCUT2D eigenvalue weighted by Gasteiger charge is -2.34. The number of nitrogens with zero attached hydrogens (tertiary/aromatic N) is 4. The van der Waals surface area contributed by atoms with Crippen molar-refractivity contribution in [1.29, 1.82) is 5.26 Å². The second kappa shape index (κ2) is 11.8. The van der Waals surface area contributed by atoms with Gasteiger partial charge in [-0.2, -0.15) is 18.4 Å². The van der Waals surface area contributed by atoms with Gasteiger partial charge in [-0.1, -0.05) is 20.8 Å². The van der Waals surface area contributed by atoms with Crippen LogP contribution in [0.15, 0.2) is 24.4 Å². The van der Waals surface area contributed by atoms with E-state index in [1.807, 2.05) is 26.1 Å². The van der Waals surface area contributed by atoms with Crippen molar-refractivity contribution in [2.24, 2.45) is 0 Å². The molecule has 0 unspecified atom stereocenters. The maximum atomic E-state index is 13.8. The number of hydrogen-bond acceptors (Lipinski definition) is 8. The van der Waals surface area contributed by atoms with Gasteiger partial charge in [0.1, 0.15) is 30.2 Å². The number of aromatic nitrogens is 2. The average molecular weight is 601 g/mol. The molecule has 2 N–H and O–H groups in total. The van der Waals surface area contributed by atoms with Crippen molar-refractivity contribution in [2.75, 3.05) is 43.6 Å². The van der Waals surface area contributed by atoms with Gasteiger partial charge in [-0.25, -0.2) is 4.98 Å². The highest BCUT2D eigenvalue weighted by atomic mass is 19.4. The number of alkyl halides is 3. The van der Waals surface area contributed by atoms with Gasteiger partial charge in [-0.3, -0.25) is 14.4 Å². The van der Waals surface area contributed by atoms with Crippen LogP contribution in [0.2, 0.25) is 0 Å². The third-order valence-corrected chi connectivity index (χ3v) is 6.78. The molecule has 0 aliphatic carbocycles. The van der Waals surface area contributed by atoms with Crippen LogP contribution in [-0.4, -0.2) is 66.7 Å². The van der Waals surface area contributed by atoms with Crippen LogP contribution in [0, 0.1) is 11.3 Å². The summed E-state index contributed by atoms with van der Waals surface area (Å²) >= 11 is 0. The van der Waals surface area contributed by atoms with E-state index in [2.05, 4.69) is 16.4 Å². The Bertz CT molecular complexity index is 1630. The number of nitriles is 1. The topological polar surface area (TPSA) is 139 Å². The Morgan fingerprint density at radius 1 is 1.19 bits per heavy atom. The Labute approximate surface area is 245 Å². The van der Waals surface area contributed by atoms with Crippen LogP contribution >= 0.6 is 0 Å². The van der Waals surface area contributed by atoms with Crippen LogP contribution in [0.1, 0.15) is 54.1 Å². The Balaban J connectivity index is 1.86. The molecule has 3 aromatic rings. The molecule has 0 fully saturated rings. The number of anilines is 2. The van der Waals surface area contributed by atoms with Crippen molar-refractivity contribution >= 4 is 40.0 Å². The predicted molar refractivity (Wildman–Crippen MR) is 152 cm³/mol. The molecule has 1 aliphatic rings. The summed E-state index contributed by atoms with van der Waals surface area (Å²) in [4.78, 5) is 44.3. The van der Waals surface area contributed by atoms with E-state index in [4.69, 9.17) is 9.47 Å². The lowest BCUT2D eigenvalue weighted by atomic mass is 9.84. The standard InChI is InChI=1S/C29H31F3N6O5/c1-6-42-21-13-17-14-38(25(36-27(41)29(30,31)32)22(17)35-23(21)26(40)34-5)15-20(39)16-11-18(28(2,3)4)24-19(12-16)37(8-7-33)9-10-43-24/h11-14H,6,8-10,15H2,1-5H3,(H,34,40)(H,36,41). The Kier molecular flexibility index (Phi) is 8.57. The van der Waals surface area contributed by atoms with E-state index in [-0.39, 0.29) is 41.1 Å². The minimum Gasteiger partial charge on any atom is -0.491 e. The molecule has 228 valence electrons. The van der Waals surface area contributed by atoms with Gasteiger partial charge < -0.3 is 29.6 Å². The van der Waals surface area contributed by atoms with E-state index < -0.39 is 41.6 Å². The molecular formula is C29H31F3N6O5. The highest BCUT2D eigenvalue weighted by Crippen LogP contribution is 2.42. The lowest BCUT2D eigenvalue weighted by molar-refractivity contribution is -0.167. The molecule has 0 radical (unpaired) electrons. The number of Topliss-reactive ketones (excluding diaryl/α,β-unsaturated/α-hetero) is 1. The molecular weight excluding hydrogens is 569 g/mol. The summed E-state index contributed by atoms with van der Waals surface area (Å²) in [5.74, 6) is -3.20. The van der Waals surface area contributed by atoms with Crippen LogP contribution in [0.3, 0.4) is 0 Å². The number of carbonyl (C=O) groups excluding carboxylic acids is 3. The molecule has 0 saturated carbocycles. The number of benzene rings is 1. The summed E-state index contributed by atoms with van der Waals surface area (Å²) in [6, 6.07) is 6.79. The number of fused-ring (bicyclic) bond motifs is 2. The first-order valence-corrected chi connectivity index (χ1v) is 13.4. The van der Waals surface area contributed by atoms with Crippen molar-refractivity contribution in [3.63, 3.8) is 0 Å². The number of ketones is 1. The zero-order chi connectivity index (χ0) is 31.7. The molecule has 0 bridgehead atoms. The molecule has 2 aromatic heterocycles. The third kappa shape index (κ3) is 6.35. The molecule has 2 amide bonds. The van der Waals surface area contributed by atoms with Gasteiger partial charge in [0.25, 0.3) is 5.91 Å². The van der Waals surface area contributed by atoms with Crippen molar-refractivity contribution < 1.29 is 37.0 Å². The highest BCUT2D eigenvalue weighted by Gasteiger charge is 2.40. The number of pyridine rings is 1. The van der Waals surface area contributed by atoms with Gasteiger partial charge >= 0.3 is 12.1 Å². The van der Waals surface area contributed by atoms with Crippen molar-refractivity contribution in [3.8, 4) is 17.6 Å². The summed E-state index contributed by atoms with van der Waals surface area (Å²) in [7, 11) is 1.35. The van der Waals surface area contributed by atoms with E-state index in [0.717, 1.165) is 10.1 Å². The first-order valence-electron chi connectivity index (χ1n) is 13.4. The first-order chi connectivity index (χ1) is 20.2. The molecule has 1 aromatic carbocycles. The molecule has 3 heterocycles. The summed E-state index contributed by atoms with van der Waals surface area (Å²) < 4.78 is 52.5. The van der Waals surface area contributed by atoms with E-state index in [9.17, 15) is 32.8 Å². The number of hydrogen-bond donors (Lipinski definition) is 2. The van der Waals surface area contributed by atoms with Crippen LogP contribution in [0.5, 0.6) is 11.5 Å². The van der Waals surface area contributed by atoms with E-state index >= 15 is 0 Å². The Morgan fingerprint density at radius 3 is 2.51 bits per heavy atom. The molecule has 1 aliphatic heterocycles. The summed E-state index contributed by atoms with van der Waals surface area (Å²) in [5, 5.41) is 13.8. The molecule has 11 nitrogen and oxygen atoms in total. The van der Waals surface area contributed by atoms with Gasteiger partial charge in [-0.05, 0) is 30.5 Å². The smallest absolute Gasteiger partial charge is 0.471 e. The summed E-state index contributed by atoms with van der Waals surface area (Å²) in [6.07, 6.45) is -3.87. The number of ether oxygens (including phenoxy) is 2. The molecule has 14 heteroatoms. The lowest BCUT2D eigenvalue weighted by Crippen LogP contribution is -2.34. The highest BCUT2D eigenvalue weighted by molar-refractivity contribution is 6.06. The van der Waals surface area contributed by atoms with Gasteiger partial charge in [-0.15, -0.1) is 0 Å². The number of carbonyl (C=O) groups is 3. The van der Waals surface area contributed by atoms with Crippen molar-refractivity contribution in [3.05, 3.63) is 41.2 Å². The maximum Gasteiger partial charge on any atom is 0.471 e. The van der Waals surface area contributed by atoms with E-state index in [1.54, 1.807) is 24.0 Å². The number of rotatable bonds is 8. The quantitative estimate of drug-likeness (QED) is 0.290. The normalized spacial score (nSPS) is 13.1. The fourth-order valence-electron chi connectivity index (χ4n) is 4.74. The first kappa shape index (κ1) is 31.1. The molecule has 0 saturated heterocycles. The zero-order valence-corrected chi connectivity index (χ0v) is 24.3. The molecule has 0 atom stereocenters. The maximum absolute atomic E-state index is 13.8. The second-order valence-electron chi connectivity index (χ2n) is 10.8. The number of amides is 2. The zero-order valence-electron chi connectivity index (χ0n) is 24.3. The number of nitrogens with one attached hydrogen (secondary N) is 2. The minimum atomic E-state index is -5.23. The summed E-state index contributed by atoms with van der Waals surface area (Å²) in [5.41, 5.74) is 0.715. The van der Waals surface area contributed by atoms with Crippen LogP contribution < -0.4 is 25.0 Å². The van der Waals surface area contributed by atoms with Gasteiger partial charge in [0.2, 0.25) is 0 Å². The van der Waals surface area contributed by atoms with Crippen LogP contribution in [-0.2, 0) is 16.8 Å². The SMILES string of the molecule is CCOc1cc2cn(CC(=O)c3cc4c(c(C(C)(C)C)c3)OCCN4CC#N)c(NC(=O)C(F)(F)F)c2nc1C(=O)NC. The molecule has 4 rings (SSSR count). The fourth-order valence-corrected chi connectivity index (χ4v) is 4.74. The fraction of sp³-hybridized carbons (Fsp3) is 0.414. The van der Waals surface area contributed by atoms with Gasteiger partial charge in [0, 0.05) is 29.8 Å². The largest absolute Gasteiger partial charge is 0.491 e. The molecule has 0 spiro atoms. The monoisotopic (exact) mass is 600 g/mol. The van der Waals surface area contributed by atoms with E-state index in [1.165, 1.54) is 19.3 Å². The third-order valence-electron chi connectivity index (χ3n) is 6.78. The Hall–Kier alpha value is -4.80. The minimum absolute atomic E-state index is 0.0652. The second-order valence-corrected chi connectivity index (χ2v) is 10.8. The van der Waals surface area contributed by atoms with Crippen LogP contribution in [0.4, 0.5) is 24.7 Å². The Morgan fingerprint density at radius 2 is 1.91 bits per heavy atom. The predicted octanol–water partition coefficient (Wildman–Crippen LogP) is 4.20. The number of halogens is 3. The average Bonchev–Trinajstić information content (AvgIpc) is 3.26. The molecule has 43 heavy (non-hydrogen) atoms. The van der Waals surface area contributed by atoms with E-state index in [0.29, 0.717) is 24.6 Å². The van der Waals surface area contributed by atoms with Gasteiger partial charge in [0.05, 0.1) is 31.5 Å². The van der Waals surface area contributed by atoms with Crippen LogP contribution in [0.25, 0.3) is 10.9 Å². The summed E-state index contributed by atoms with van der Waals surface area (Å²) in [6.45, 7) is 8.06. The van der Waals surface area contributed by atoms with Gasteiger partial charge in [0.15, 0.2) is 17.2 Å².